The van der Waals surface area contributed by atoms with E-state index in [1.165, 1.54) is 7.11 Å². The number of carbonyl (C=O) groups excluding carboxylic acids is 3. The fraction of sp³-hybridized carbons (Fsp3) is 0.667. The van der Waals surface area contributed by atoms with Crippen LogP contribution in [0.1, 0.15) is 62.3 Å². The van der Waals surface area contributed by atoms with Crippen LogP contribution in [0.5, 0.6) is 0 Å². The van der Waals surface area contributed by atoms with Crippen LogP contribution in [0.2, 0.25) is 0 Å². The number of methoxy groups -OCH3 is 1. The Morgan fingerprint density at radius 3 is 2.44 bits per heavy atom. The Labute approximate surface area is 147 Å². The molecule has 0 amide bonds. The molecule has 2 rings (SSSR count). The van der Waals surface area contributed by atoms with Crippen LogP contribution < -0.4 is 0 Å². The number of esters is 2. The molecule has 138 valence electrons. The lowest BCUT2D eigenvalue weighted by atomic mass is 9.79. The first-order valence-corrected chi connectivity index (χ1v) is 8.65. The molecular weight excluding hydrogens is 326 g/mol. The van der Waals surface area contributed by atoms with E-state index in [2.05, 4.69) is 9.72 Å². The quantitative estimate of drug-likeness (QED) is 0.550. The van der Waals surface area contributed by atoms with E-state index in [1.807, 2.05) is 0 Å². The lowest BCUT2D eigenvalue weighted by molar-refractivity contribution is -0.145. The summed E-state index contributed by atoms with van der Waals surface area (Å²) >= 11 is 0. The summed E-state index contributed by atoms with van der Waals surface area (Å²) in [6.07, 6.45) is 2.90. The molecule has 0 spiro atoms. The maximum Gasteiger partial charge on any atom is 0.313 e. The first kappa shape index (κ1) is 19.1. The first-order chi connectivity index (χ1) is 11.9. The summed E-state index contributed by atoms with van der Waals surface area (Å²) in [5, 5.41) is 0. The summed E-state index contributed by atoms with van der Waals surface area (Å²) < 4.78 is 15.2. The lowest BCUT2D eigenvalue weighted by Crippen LogP contribution is -2.23. The van der Waals surface area contributed by atoms with Gasteiger partial charge in [-0.25, -0.2) is 4.98 Å². The molecule has 1 saturated carbocycles. The summed E-state index contributed by atoms with van der Waals surface area (Å²) in [5.74, 6) is 0.420. The molecule has 0 radical (unpaired) electrons. The maximum absolute atomic E-state index is 12.1. The normalized spacial score (nSPS) is 20.1. The number of nitrogens with zero attached hydrogens (tertiary/aromatic N) is 1. The van der Waals surface area contributed by atoms with Gasteiger partial charge in [0.05, 0.1) is 25.8 Å². The van der Waals surface area contributed by atoms with Crippen molar-refractivity contribution < 1.29 is 28.3 Å². The molecule has 1 aromatic heterocycles. The SMILES string of the molecule is CCOC(=O)Cc1nc(C2CCC(C(=O)CC(=O)OC)CC2)oc1C. The van der Waals surface area contributed by atoms with E-state index in [1.54, 1.807) is 13.8 Å². The average molecular weight is 351 g/mol. The Hall–Kier alpha value is -2.18. The maximum atomic E-state index is 12.1. The molecule has 0 unspecified atom stereocenters. The van der Waals surface area contributed by atoms with E-state index in [9.17, 15) is 14.4 Å². The van der Waals surface area contributed by atoms with Crippen molar-refractivity contribution in [2.75, 3.05) is 13.7 Å². The van der Waals surface area contributed by atoms with Crippen LogP contribution in [0, 0.1) is 12.8 Å². The van der Waals surface area contributed by atoms with Gasteiger partial charge in [0.15, 0.2) is 5.89 Å². The van der Waals surface area contributed by atoms with Crippen molar-refractivity contribution in [1.29, 1.82) is 0 Å². The number of ether oxygens (including phenoxy) is 2. The lowest BCUT2D eigenvalue weighted by Gasteiger charge is -2.25. The molecule has 0 bridgehead atoms. The van der Waals surface area contributed by atoms with Crippen molar-refractivity contribution >= 4 is 17.7 Å². The zero-order chi connectivity index (χ0) is 18.4. The van der Waals surface area contributed by atoms with Gasteiger partial charge in [0, 0.05) is 11.8 Å². The molecule has 0 N–H and O–H groups in total. The van der Waals surface area contributed by atoms with E-state index < -0.39 is 5.97 Å². The minimum absolute atomic E-state index is 0.0584. The summed E-state index contributed by atoms with van der Waals surface area (Å²) in [4.78, 5) is 39.3. The molecule has 0 atom stereocenters. The van der Waals surface area contributed by atoms with Crippen LogP contribution in [-0.4, -0.2) is 36.4 Å². The van der Waals surface area contributed by atoms with Gasteiger partial charge in [-0.15, -0.1) is 0 Å². The molecule has 7 nitrogen and oxygen atoms in total. The predicted octanol–water partition coefficient (Wildman–Crippen LogP) is 2.49. The van der Waals surface area contributed by atoms with Crippen LogP contribution in [0.3, 0.4) is 0 Å². The van der Waals surface area contributed by atoms with Gasteiger partial charge in [-0.3, -0.25) is 14.4 Å². The van der Waals surface area contributed by atoms with Gasteiger partial charge in [0.1, 0.15) is 18.0 Å². The summed E-state index contributed by atoms with van der Waals surface area (Å²) in [5.41, 5.74) is 0.609. The standard InChI is InChI=1S/C18H25NO6/c1-4-24-17(22)9-14-11(2)25-18(19-14)13-7-5-12(6-8-13)15(20)10-16(21)23-3/h12-13H,4-10H2,1-3H3. The highest BCUT2D eigenvalue weighted by Crippen LogP contribution is 2.36. The number of aromatic nitrogens is 1. The number of Topliss-reactive ketones (excluding diaryl/α,β-unsaturated/α-hetero) is 1. The second-order valence-electron chi connectivity index (χ2n) is 6.30. The number of hydrogen-bond donors (Lipinski definition) is 0. The molecule has 1 aliphatic carbocycles. The molecule has 1 aromatic rings. The van der Waals surface area contributed by atoms with Gasteiger partial charge in [-0.2, -0.15) is 0 Å². The van der Waals surface area contributed by atoms with Crippen molar-refractivity contribution in [1.82, 2.24) is 4.98 Å². The number of oxazole rings is 1. The molecule has 0 saturated heterocycles. The van der Waals surface area contributed by atoms with Gasteiger partial charge in [0.2, 0.25) is 0 Å². The van der Waals surface area contributed by atoms with E-state index >= 15 is 0 Å². The monoisotopic (exact) mass is 351 g/mol. The van der Waals surface area contributed by atoms with Crippen LogP contribution in [0.15, 0.2) is 4.42 Å². The molecule has 1 aliphatic rings. The minimum Gasteiger partial charge on any atom is -0.469 e. The topological polar surface area (TPSA) is 95.7 Å². The smallest absolute Gasteiger partial charge is 0.313 e. The number of hydrogen-bond acceptors (Lipinski definition) is 7. The van der Waals surface area contributed by atoms with Crippen LogP contribution in [-0.2, 0) is 30.3 Å². The molecule has 1 fully saturated rings. The Morgan fingerprint density at radius 1 is 1.16 bits per heavy atom. The van der Waals surface area contributed by atoms with Crippen molar-refractivity contribution in [3.63, 3.8) is 0 Å². The van der Waals surface area contributed by atoms with E-state index in [0.717, 1.165) is 12.8 Å². The highest BCUT2D eigenvalue weighted by atomic mass is 16.5. The van der Waals surface area contributed by atoms with Gasteiger partial charge in [-0.05, 0) is 39.5 Å². The molecule has 25 heavy (non-hydrogen) atoms. The summed E-state index contributed by atoms with van der Waals surface area (Å²) in [6.45, 7) is 3.89. The van der Waals surface area contributed by atoms with Crippen molar-refractivity contribution in [3.8, 4) is 0 Å². The molecule has 7 heteroatoms. The number of carbonyl (C=O) groups is 3. The largest absolute Gasteiger partial charge is 0.469 e. The van der Waals surface area contributed by atoms with Gasteiger partial charge in [-0.1, -0.05) is 0 Å². The van der Waals surface area contributed by atoms with Crippen LogP contribution in [0.25, 0.3) is 0 Å². The third kappa shape index (κ3) is 5.14. The highest BCUT2D eigenvalue weighted by Gasteiger charge is 2.31. The minimum atomic E-state index is -0.487. The van der Waals surface area contributed by atoms with Crippen molar-refractivity contribution in [2.24, 2.45) is 5.92 Å². The predicted molar refractivity (Wildman–Crippen MR) is 87.9 cm³/mol. The number of ketones is 1. The average Bonchev–Trinajstić information content (AvgIpc) is 2.95. The Morgan fingerprint density at radius 2 is 1.84 bits per heavy atom. The second kappa shape index (κ2) is 8.78. The van der Waals surface area contributed by atoms with E-state index in [-0.39, 0.29) is 36.4 Å². The van der Waals surface area contributed by atoms with E-state index in [4.69, 9.17) is 9.15 Å². The van der Waals surface area contributed by atoms with Crippen LogP contribution >= 0.6 is 0 Å². The van der Waals surface area contributed by atoms with Crippen molar-refractivity contribution in [2.45, 2.75) is 58.3 Å². The Balaban J connectivity index is 1.91. The number of aryl methyl sites for hydroxylation is 1. The van der Waals surface area contributed by atoms with Gasteiger partial charge in [0.25, 0.3) is 0 Å². The zero-order valence-electron chi connectivity index (χ0n) is 15.0. The molecule has 1 heterocycles. The molecule has 0 aromatic carbocycles. The third-order valence-electron chi connectivity index (χ3n) is 4.60. The Kier molecular flexibility index (Phi) is 6.73. The van der Waals surface area contributed by atoms with E-state index in [0.29, 0.717) is 36.8 Å². The summed E-state index contributed by atoms with van der Waals surface area (Å²) in [6, 6.07) is 0. The summed E-state index contributed by atoms with van der Waals surface area (Å²) in [7, 11) is 1.28. The molecule has 0 aliphatic heterocycles. The van der Waals surface area contributed by atoms with Crippen molar-refractivity contribution in [3.05, 3.63) is 17.3 Å². The van der Waals surface area contributed by atoms with Crippen LogP contribution in [0.4, 0.5) is 0 Å². The van der Waals surface area contributed by atoms with Gasteiger partial charge < -0.3 is 13.9 Å². The fourth-order valence-corrected chi connectivity index (χ4v) is 3.16. The third-order valence-corrected chi connectivity index (χ3v) is 4.60. The van der Waals surface area contributed by atoms with Gasteiger partial charge >= 0.3 is 11.9 Å². The number of rotatable bonds is 7. The fourth-order valence-electron chi connectivity index (χ4n) is 3.16. The highest BCUT2D eigenvalue weighted by molar-refractivity contribution is 5.96. The molecular formula is C18H25NO6. The zero-order valence-corrected chi connectivity index (χ0v) is 15.0. The Bertz CT molecular complexity index is 628. The first-order valence-electron chi connectivity index (χ1n) is 8.65. The second-order valence-corrected chi connectivity index (χ2v) is 6.30.